The van der Waals surface area contributed by atoms with E-state index >= 15 is 0 Å². The van der Waals surface area contributed by atoms with Gasteiger partial charge in [0, 0.05) is 23.6 Å². The SMILES string of the molecule is O=C(OCc1cccnc1)N(Cc1ccc(C(F)(F)F)cc1)c1ccccc1. The number of benzene rings is 2. The number of carbonyl (C=O) groups excluding carboxylic acids is 1. The maximum absolute atomic E-state index is 12.7. The molecule has 0 atom stereocenters. The molecule has 0 saturated heterocycles. The Morgan fingerprint density at radius 3 is 2.25 bits per heavy atom. The van der Waals surface area contributed by atoms with E-state index < -0.39 is 17.8 Å². The van der Waals surface area contributed by atoms with Crippen LogP contribution in [-0.2, 0) is 24.1 Å². The molecule has 0 fully saturated rings. The Labute approximate surface area is 160 Å². The Morgan fingerprint density at radius 1 is 0.929 bits per heavy atom. The summed E-state index contributed by atoms with van der Waals surface area (Å²) in [5.41, 5.74) is 1.13. The molecule has 1 heterocycles. The minimum absolute atomic E-state index is 0.0447. The Morgan fingerprint density at radius 2 is 1.64 bits per heavy atom. The monoisotopic (exact) mass is 386 g/mol. The van der Waals surface area contributed by atoms with E-state index in [2.05, 4.69) is 4.98 Å². The number of para-hydroxylation sites is 1. The van der Waals surface area contributed by atoms with Gasteiger partial charge in [-0.15, -0.1) is 0 Å². The van der Waals surface area contributed by atoms with Crippen LogP contribution in [0, 0.1) is 0 Å². The molecule has 1 aromatic heterocycles. The van der Waals surface area contributed by atoms with Gasteiger partial charge in [-0.25, -0.2) is 4.79 Å². The van der Waals surface area contributed by atoms with Gasteiger partial charge < -0.3 is 4.74 Å². The van der Waals surface area contributed by atoms with Crippen LogP contribution in [0.1, 0.15) is 16.7 Å². The lowest BCUT2D eigenvalue weighted by atomic mass is 10.1. The molecule has 0 unspecified atom stereocenters. The molecule has 28 heavy (non-hydrogen) atoms. The van der Waals surface area contributed by atoms with Gasteiger partial charge in [-0.05, 0) is 35.9 Å². The Bertz CT molecular complexity index is 898. The number of aromatic nitrogens is 1. The van der Waals surface area contributed by atoms with Gasteiger partial charge in [-0.1, -0.05) is 36.4 Å². The highest BCUT2D eigenvalue weighted by atomic mass is 19.4. The van der Waals surface area contributed by atoms with Crippen molar-refractivity contribution in [1.82, 2.24) is 4.98 Å². The molecule has 144 valence electrons. The van der Waals surface area contributed by atoms with Crippen molar-refractivity contribution in [2.75, 3.05) is 4.90 Å². The Balaban J connectivity index is 1.76. The molecular weight excluding hydrogens is 369 g/mol. The maximum Gasteiger partial charge on any atom is 0.416 e. The molecule has 3 aromatic rings. The van der Waals surface area contributed by atoms with Gasteiger partial charge in [0.25, 0.3) is 0 Å². The second-order valence-corrected chi connectivity index (χ2v) is 6.03. The molecule has 3 rings (SSSR count). The van der Waals surface area contributed by atoms with Crippen LogP contribution in [-0.4, -0.2) is 11.1 Å². The van der Waals surface area contributed by atoms with Gasteiger partial charge in [0.1, 0.15) is 6.61 Å². The van der Waals surface area contributed by atoms with Crippen LogP contribution in [0.5, 0.6) is 0 Å². The van der Waals surface area contributed by atoms with E-state index in [1.807, 2.05) is 0 Å². The highest BCUT2D eigenvalue weighted by Gasteiger charge is 2.30. The number of hydrogen-bond acceptors (Lipinski definition) is 3. The van der Waals surface area contributed by atoms with Crippen molar-refractivity contribution in [3.8, 4) is 0 Å². The lowest BCUT2D eigenvalue weighted by Crippen LogP contribution is -2.31. The molecule has 0 bridgehead atoms. The first-order valence-electron chi connectivity index (χ1n) is 8.48. The maximum atomic E-state index is 12.7. The molecule has 0 radical (unpaired) electrons. The molecule has 0 saturated carbocycles. The number of ether oxygens (including phenoxy) is 1. The molecular formula is C21H17F3N2O2. The summed E-state index contributed by atoms with van der Waals surface area (Å²) in [6.07, 6.45) is -1.79. The standard InChI is InChI=1S/C21H17F3N2O2/c22-21(23,24)18-10-8-16(9-11-18)14-26(19-6-2-1-3-7-19)20(27)28-15-17-5-4-12-25-13-17/h1-13H,14-15H2. The zero-order valence-corrected chi connectivity index (χ0v) is 14.8. The third kappa shape index (κ3) is 5.09. The number of amides is 1. The summed E-state index contributed by atoms with van der Waals surface area (Å²) in [6, 6.07) is 17.0. The van der Waals surface area contributed by atoms with E-state index in [9.17, 15) is 18.0 Å². The molecule has 1 amide bonds. The number of hydrogen-bond donors (Lipinski definition) is 0. The summed E-state index contributed by atoms with van der Waals surface area (Å²) in [5, 5.41) is 0. The second kappa shape index (κ2) is 8.56. The fourth-order valence-electron chi connectivity index (χ4n) is 2.56. The zero-order valence-electron chi connectivity index (χ0n) is 14.8. The Hall–Kier alpha value is -3.35. The highest BCUT2D eigenvalue weighted by molar-refractivity contribution is 5.87. The number of anilines is 1. The van der Waals surface area contributed by atoms with Crippen LogP contribution >= 0.6 is 0 Å². The largest absolute Gasteiger partial charge is 0.444 e. The lowest BCUT2D eigenvalue weighted by molar-refractivity contribution is -0.137. The molecule has 0 N–H and O–H groups in total. The van der Waals surface area contributed by atoms with Crippen molar-refractivity contribution in [2.24, 2.45) is 0 Å². The molecule has 0 aliphatic rings. The van der Waals surface area contributed by atoms with Gasteiger partial charge in [-0.2, -0.15) is 13.2 Å². The second-order valence-electron chi connectivity index (χ2n) is 6.03. The summed E-state index contributed by atoms with van der Waals surface area (Å²) >= 11 is 0. The van der Waals surface area contributed by atoms with Gasteiger partial charge in [0.05, 0.1) is 12.1 Å². The molecule has 4 nitrogen and oxygen atoms in total. The van der Waals surface area contributed by atoms with E-state index in [-0.39, 0.29) is 13.2 Å². The number of rotatable bonds is 5. The fraction of sp³-hybridized carbons (Fsp3) is 0.143. The van der Waals surface area contributed by atoms with E-state index in [0.717, 1.165) is 17.7 Å². The molecule has 0 aliphatic heterocycles. The van der Waals surface area contributed by atoms with Crippen LogP contribution in [0.15, 0.2) is 79.1 Å². The summed E-state index contributed by atoms with van der Waals surface area (Å²) in [6.45, 7) is 0.122. The minimum Gasteiger partial charge on any atom is -0.444 e. The van der Waals surface area contributed by atoms with Gasteiger partial charge in [0.2, 0.25) is 0 Å². The highest BCUT2D eigenvalue weighted by Crippen LogP contribution is 2.29. The molecule has 0 aliphatic carbocycles. The molecule has 0 spiro atoms. The normalized spacial score (nSPS) is 11.1. The summed E-state index contributed by atoms with van der Waals surface area (Å²) in [7, 11) is 0. The van der Waals surface area contributed by atoms with Crippen molar-refractivity contribution in [1.29, 1.82) is 0 Å². The Kier molecular flexibility index (Phi) is 5.93. The van der Waals surface area contributed by atoms with Crippen molar-refractivity contribution in [3.05, 3.63) is 95.8 Å². The number of alkyl halides is 3. The molecule has 2 aromatic carbocycles. The zero-order chi connectivity index (χ0) is 20.0. The minimum atomic E-state index is -4.40. The van der Waals surface area contributed by atoms with Gasteiger partial charge >= 0.3 is 12.3 Å². The van der Waals surface area contributed by atoms with Crippen molar-refractivity contribution in [3.63, 3.8) is 0 Å². The summed E-state index contributed by atoms with van der Waals surface area (Å²) in [5.74, 6) is 0. The van der Waals surface area contributed by atoms with Crippen LogP contribution < -0.4 is 4.90 Å². The first kappa shape index (κ1) is 19.4. The summed E-state index contributed by atoms with van der Waals surface area (Å²) < 4.78 is 43.6. The predicted octanol–water partition coefficient (Wildman–Crippen LogP) is 5.44. The van der Waals surface area contributed by atoms with Crippen molar-refractivity contribution >= 4 is 11.8 Å². The first-order chi connectivity index (χ1) is 13.4. The predicted molar refractivity (Wildman–Crippen MR) is 98.5 cm³/mol. The number of halogens is 3. The van der Waals surface area contributed by atoms with E-state index in [0.29, 0.717) is 11.3 Å². The van der Waals surface area contributed by atoms with Crippen molar-refractivity contribution in [2.45, 2.75) is 19.3 Å². The molecule has 7 heteroatoms. The quantitative estimate of drug-likeness (QED) is 0.586. The lowest BCUT2D eigenvalue weighted by Gasteiger charge is -2.22. The number of pyridine rings is 1. The average molecular weight is 386 g/mol. The van der Waals surface area contributed by atoms with Crippen LogP contribution in [0.25, 0.3) is 0 Å². The topological polar surface area (TPSA) is 42.4 Å². The first-order valence-corrected chi connectivity index (χ1v) is 8.48. The van der Waals surface area contributed by atoms with E-state index in [4.69, 9.17) is 4.74 Å². The summed E-state index contributed by atoms with van der Waals surface area (Å²) in [4.78, 5) is 18.0. The van der Waals surface area contributed by atoms with Crippen molar-refractivity contribution < 1.29 is 22.7 Å². The van der Waals surface area contributed by atoms with Crippen LogP contribution in [0.3, 0.4) is 0 Å². The number of nitrogens with zero attached hydrogens (tertiary/aromatic N) is 2. The third-order valence-electron chi connectivity index (χ3n) is 4.00. The van der Waals surface area contributed by atoms with Gasteiger partial charge in [-0.3, -0.25) is 9.88 Å². The van der Waals surface area contributed by atoms with E-state index in [1.54, 1.807) is 54.9 Å². The average Bonchev–Trinajstić information content (AvgIpc) is 2.71. The number of carbonyl (C=O) groups is 1. The van der Waals surface area contributed by atoms with E-state index in [1.165, 1.54) is 17.0 Å². The smallest absolute Gasteiger partial charge is 0.416 e. The van der Waals surface area contributed by atoms with Gasteiger partial charge in [0.15, 0.2) is 0 Å². The third-order valence-corrected chi connectivity index (χ3v) is 4.00. The van der Waals surface area contributed by atoms with Crippen LogP contribution in [0.4, 0.5) is 23.7 Å². The fourth-order valence-corrected chi connectivity index (χ4v) is 2.56. The van der Waals surface area contributed by atoms with Crippen LogP contribution in [0.2, 0.25) is 0 Å².